The summed E-state index contributed by atoms with van der Waals surface area (Å²) < 4.78 is 6.19. The van der Waals surface area contributed by atoms with Gasteiger partial charge in [-0.3, -0.25) is 14.4 Å². The first-order valence-electron chi connectivity index (χ1n) is 13.7. The number of carbonyl (C=O) groups excluding carboxylic acids is 3. The number of thiazole rings is 1. The van der Waals surface area contributed by atoms with Gasteiger partial charge in [0.1, 0.15) is 5.56 Å². The number of ether oxygens (including phenoxy) is 1. The van der Waals surface area contributed by atoms with E-state index in [4.69, 9.17) is 15.5 Å². The van der Waals surface area contributed by atoms with E-state index in [9.17, 15) is 14.4 Å². The number of nitrogens with one attached hydrogen (secondary N) is 1. The molecule has 0 radical (unpaired) electrons. The van der Waals surface area contributed by atoms with Crippen LogP contribution in [0.3, 0.4) is 0 Å². The highest BCUT2D eigenvalue weighted by Crippen LogP contribution is 2.39. The number of pyridine rings is 1. The number of amides is 3. The molecular weight excluding hydrogens is 528 g/mol. The smallest absolute Gasteiger partial charge is 0.313 e. The molecule has 2 aromatic heterocycles. The van der Waals surface area contributed by atoms with Crippen molar-refractivity contribution in [2.45, 2.75) is 45.1 Å². The molecule has 0 saturated carbocycles. The Morgan fingerprint density at radius 1 is 1.12 bits per heavy atom. The van der Waals surface area contributed by atoms with E-state index in [2.05, 4.69) is 54.3 Å². The lowest BCUT2D eigenvalue weighted by atomic mass is 9.87. The summed E-state index contributed by atoms with van der Waals surface area (Å²) in [6.07, 6.45) is 4.14. The standard InChI is InChI=1S/C29H36N6O4S/c1-16-5-7-23(18-6-8-24-22(11-18)33-28(40-24)20-9-10-34(3)15-17(20)2)35(14-16)29(38)26(37)32-19-12-21(25(30)36)27(39-4)31-13-19/h6,8,11-13,16-17,20,23H,5,7,9-10,14-15H2,1-4H3,(H2,30,36)(H,32,37). The summed E-state index contributed by atoms with van der Waals surface area (Å²) in [5.41, 5.74) is 7.54. The van der Waals surface area contributed by atoms with Crippen molar-refractivity contribution >= 4 is 45.0 Å². The highest BCUT2D eigenvalue weighted by Gasteiger charge is 2.35. The number of hydrogen-bond donors (Lipinski definition) is 2. The van der Waals surface area contributed by atoms with Crippen LogP contribution >= 0.6 is 11.3 Å². The third-order valence-electron chi connectivity index (χ3n) is 8.08. The number of benzene rings is 1. The van der Waals surface area contributed by atoms with Crippen LogP contribution in [0.4, 0.5) is 5.69 Å². The Balaban J connectivity index is 1.37. The maximum Gasteiger partial charge on any atom is 0.313 e. The van der Waals surface area contributed by atoms with Crippen LogP contribution in [0.1, 0.15) is 66.0 Å². The molecule has 10 nitrogen and oxygen atoms in total. The van der Waals surface area contributed by atoms with E-state index in [0.717, 1.165) is 48.1 Å². The Labute approximate surface area is 237 Å². The SMILES string of the molecule is COc1ncc(NC(=O)C(=O)N2CC(C)CCC2c2ccc3sc(C4CCN(C)CC4C)nc3c2)cc1C(N)=O. The van der Waals surface area contributed by atoms with Crippen LogP contribution in [-0.4, -0.2) is 71.3 Å². The van der Waals surface area contributed by atoms with Crippen LogP contribution in [0.15, 0.2) is 30.5 Å². The molecule has 0 aliphatic carbocycles. The van der Waals surface area contributed by atoms with Crippen LogP contribution < -0.4 is 15.8 Å². The molecule has 1 aromatic carbocycles. The van der Waals surface area contributed by atoms with Crippen molar-refractivity contribution in [3.63, 3.8) is 0 Å². The largest absolute Gasteiger partial charge is 0.480 e. The lowest BCUT2D eigenvalue weighted by molar-refractivity contribution is -0.146. The number of likely N-dealkylation sites (tertiary alicyclic amines) is 2. The molecule has 3 aromatic rings. The van der Waals surface area contributed by atoms with Crippen molar-refractivity contribution in [1.82, 2.24) is 19.8 Å². The lowest BCUT2D eigenvalue weighted by Crippen LogP contribution is -2.46. The minimum atomic E-state index is -0.797. The molecule has 2 saturated heterocycles. The van der Waals surface area contributed by atoms with Crippen LogP contribution in [0.25, 0.3) is 10.2 Å². The summed E-state index contributed by atoms with van der Waals surface area (Å²) in [5, 5.41) is 3.76. The second kappa shape index (κ2) is 11.5. The van der Waals surface area contributed by atoms with E-state index in [1.807, 2.05) is 0 Å². The molecule has 3 amide bonds. The summed E-state index contributed by atoms with van der Waals surface area (Å²) in [4.78, 5) is 51.4. The van der Waals surface area contributed by atoms with Gasteiger partial charge in [-0.1, -0.05) is 19.9 Å². The van der Waals surface area contributed by atoms with Gasteiger partial charge >= 0.3 is 11.8 Å². The first-order valence-corrected chi connectivity index (χ1v) is 14.5. The third kappa shape index (κ3) is 5.66. The van der Waals surface area contributed by atoms with Crippen molar-refractivity contribution in [3.05, 3.63) is 46.6 Å². The molecule has 2 aliphatic rings. The quantitative estimate of drug-likeness (QED) is 0.451. The molecule has 0 spiro atoms. The van der Waals surface area contributed by atoms with Gasteiger partial charge in [0.2, 0.25) is 5.88 Å². The Hall–Kier alpha value is -3.57. The zero-order chi connectivity index (χ0) is 28.6. The second-order valence-electron chi connectivity index (χ2n) is 11.2. The number of carbonyl (C=O) groups is 3. The average Bonchev–Trinajstić information content (AvgIpc) is 3.35. The van der Waals surface area contributed by atoms with Gasteiger partial charge in [0.05, 0.1) is 40.3 Å². The molecule has 2 fully saturated rings. The first-order chi connectivity index (χ1) is 19.1. The van der Waals surface area contributed by atoms with Crippen LogP contribution in [0.2, 0.25) is 0 Å². The van der Waals surface area contributed by atoms with Gasteiger partial charge in [0, 0.05) is 19.0 Å². The van der Waals surface area contributed by atoms with Crippen LogP contribution in [0.5, 0.6) is 5.88 Å². The highest BCUT2D eigenvalue weighted by molar-refractivity contribution is 7.18. The van der Waals surface area contributed by atoms with E-state index in [1.165, 1.54) is 24.4 Å². The van der Waals surface area contributed by atoms with E-state index < -0.39 is 17.7 Å². The van der Waals surface area contributed by atoms with Crippen molar-refractivity contribution in [2.75, 3.05) is 39.1 Å². The van der Waals surface area contributed by atoms with Crippen molar-refractivity contribution in [3.8, 4) is 5.88 Å². The first kappa shape index (κ1) is 28.0. The Kier molecular flexibility index (Phi) is 8.04. The molecule has 5 rings (SSSR count). The van der Waals surface area contributed by atoms with Gasteiger partial charge < -0.3 is 25.6 Å². The highest BCUT2D eigenvalue weighted by atomic mass is 32.1. The van der Waals surface area contributed by atoms with E-state index in [0.29, 0.717) is 18.4 Å². The predicted octanol–water partition coefficient (Wildman–Crippen LogP) is 3.79. The number of primary amides is 1. The predicted molar refractivity (Wildman–Crippen MR) is 154 cm³/mol. The van der Waals surface area contributed by atoms with E-state index in [-0.39, 0.29) is 29.1 Å². The van der Waals surface area contributed by atoms with Gasteiger partial charge in [-0.25, -0.2) is 9.97 Å². The van der Waals surface area contributed by atoms with Crippen LogP contribution in [-0.2, 0) is 9.59 Å². The zero-order valence-corrected chi connectivity index (χ0v) is 24.2. The zero-order valence-electron chi connectivity index (χ0n) is 23.3. The van der Waals surface area contributed by atoms with Gasteiger partial charge in [0.15, 0.2) is 0 Å². The molecule has 4 heterocycles. The Bertz CT molecular complexity index is 1440. The summed E-state index contributed by atoms with van der Waals surface area (Å²) >= 11 is 1.76. The number of hydrogen-bond acceptors (Lipinski definition) is 8. The van der Waals surface area contributed by atoms with Gasteiger partial charge in [-0.2, -0.15) is 0 Å². The fourth-order valence-electron chi connectivity index (χ4n) is 5.95. The van der Waals surface area contributed by atoms with Gasteiger partial charge in [-0.15, -0.1) is 11.3 Å². The molecule has 40 heavy (non-hydrogen) atoms. The topological polar surface area (TPSA) is 131 Å². The van der Waals surface area contributed by atoms with Crippen LogP contribution in [0, 0.1) is 11.8 Å². The number of fused-ring (bicyclic) bond motifs is 1. The maximum absolute atomic E-state index is 13.5. The van der Waals surface area contributed by atoms with Crippen molar-refractivity contribution < 1.29 is 19.1 Å². The van der Waals surface area contributed by atoms with Crippen molar-refractivity contribution in [1.29, 1.82) is 0 Å². The average molecular weight is 565 g/mol. The molecule has 212 valence electrons. The number of rotatable bonds is 5. The van der Waals surface area contributed by atoms with E-state index in [1.54, 1.807) is 16.2 Å². The summed E-state index contributed by atoms with van der Waals surface area (Å²) in [5.74, 6) is -0.864. The number of anilines is 1. The lowest BCUT2D eigenvalue weighted by Gasteiger charge is -2.38. The summed E-state index contributed by atoms with van der Waals surface area (Å²) in [7, 11) is 3.54. The van der Waals surface area contributed by atoms with Gasteiger partial charge in [-0.05, 0) is 68.5 Å². The number of nitrogens with zero attached hydrogens (tertiary/aromatic N) is 4. The van der Waals surface area contributed by atoms with Gasteiger partial charge in [0.25, 0.3) is 5.91 Å². The maximum atomic E-state index is 13.5. The fraction of sp³-hybridized carbons (Fsp3) is 0.483. The number of aromatic nitrogens is 2. The Morgan fingerprint density at radius 2 is 1.93 bits per heavy atom. The molecule has 4 atom stereocenters. The number of methoxy groups -OCH3 is 1. The monoisotopic (exact) mass is 564 g/mol. The minimum absolute atomic E-state index is 0.0165. The normalized spacial score (nSPS) is 23.6. The third-order valence-corrected chi connectivity index (χ3v) is 9.25. The van der Waals surface area contributed by atoms with Crippen molar-refractivity contribution in [2.24, 2.45) is 17.6 Å². The number of nitrogens with two attached hydrogens (primary N) is 1. The molecule has 3 N–H and O–H groups in total. The minimum Gasteiger partial charge on any atom is -0.480 e. The molecule has 11 heteroatoms. The Morgan fingerprint density at radius 3 is 2.65 bits per heavy atom. The fourth-order valence-corrected chi connectivity index (χ4v) is 7.16. The molecular formula is C29H36N6O4S. The van der Waals surface area contributed by atoms with E-state index >= 15 is 0 Å². The summed E-state index contributed by atoms with van der Waals surface area (Å²) in [6.45, 7) is 7.00. The second-order valence-corrected chi connectivity index (χ2v) is 12.2. The number of piperidine rings is 2. The molecule has 2 aliphatic heterocycles. The summed E-state index contributed by atoms with van der Waals surface area (Å²) in [6, 6.07) is 7.37. The molecule has 0 bridgehead atoms. The molecule has 4 unspecified atom stereocenters.